The van der Waals surface area contributed by atoms with Crippen molar-refractivity contribution in [1.29, 1.82) is 0 Å². The molecule has 0 atom stereocenters. The summed E-state index contributed by atoms with van der Waals surface area (Å²) in [4.78, 5) is 38.7. The van der Waals surface area contributed by atoms with Gasteiger partial charge in [-0.2, -0.15) is 0 Å². The third-order valence-corrected chi connectivity index (χ3v) is 6.55. The molecule has 2 amide bonds. The zero-order chi connectivity index (χ0) is 24.2. The molecule has 0 radical (unpaired) electrons. The van der Waals surface area contributed by atoms with Crippen LogP contribution in [0.3, 0.4) is 0 Å². The number of piperazine rings is 1. The van der Waals surface area contributed by atoms with E-state index in [0.717, 1.165) is 60.9 Å². The summed E-state index contributed by atoms with van der Waals surface area (Å²) in [5.41, 5.74) is 4.61. The van der Waals surface area contributed by atoms with Crippen molar-refractivity contribution in [2.45, 2.75) is 26.2 Å². The predicted octanol–water partition coefficient (Wildman–Crippen LogP) is 3.94. The third kappa shape index (κ3) is 5.17. The predicted molar refractivity (Wildman–Crippen MR) is 137 cm³/mol. The highest BCUT2D eigenvalue weighted by atomic mass is 16.2. The first-order valence-electron chi connectivity index (χ1n) is 12.2. The van der Waals surface area contributed by atoms with Crippen molar-refractivity contribution in [3.05, 3.63) is 65.9 Å². The maximum Gasteiger partial charge on any atom is 0.253 e. The minimum atomic E-state index is -0.0804. The molecule has 3 heterocycles. The maximum atomic E-state index is 13.0. The van der Waals surface area contributed by atoms with E-state index in [-0.39, 0.29) is 18.2 Å². The molecule has 0 spiro atoms. The van der Waals surface area contributed by atoms with Gasteiger partial charge in [0.15, 0.2) is 0 Å². The number of para-hydroxylation sites is 1. The van der Waals surface area contributed by atoms with Crippen LogP contribution in [0.2, 0.25) is 0 Å². The average Bonchev–Trinajstić information content (AvgIpc) is 3.03. The summed E-state index contributed by atoms with van der Waals surface area (Å²) >= 11 is 0. The van der Waals surface area contributed by atoms with Crippen LogP contribution in [0.25, 0.3) is 11.3 Å². The molecule has 0 unspecified atom stereocenters. The third-order valence-electron chi connectivity index (χ3n) is 6.55. The Kier molecular flexibility index (Phi) is 6.72. The second-order valence-corrected chi connectivity index (χ2v) is 9.03. The van der Waals surface area contributed by atoms with Crippen molar-refractivity contribution in [2.75, 3.05) is 43.4 Å². The van der Waals surface area contributed by atoms with E-state index in [1.54, 1.807) is 6.20 Å². The largest absolute Gasteiger partial charge is 0.336 e. The number of unbranched alkanes of at least 4 members (excludes halogenated alkanes) is 1. The van der Waals surface area contributed by atoms with Gasteiger partial charge < -0.3 is 15.5 Å². The van der Waals surface area contributed by atoms with Gasteiger partial charge in [-0.15, -0.1) is 0 Å². The number of hydrogen-bond donors (Lipinski definition) is 2. The molecule has 2 aliphatic heterocycles. The molecule has 8 heteroatoms. The van der Waals surface area contributed by atoms with Crippen molar-refractivity contribution < 1.29 is 9.59 Å². The Balaban J connectivity index is 1.27. The molecule has 1 saturated heterocycles. The first-order chi connectivity index (χ1) is 17.1. The van der Waals surface area contributed by atoms with Crippen LogP contribution >= 0.6 is 0 Å². The van der Waals surface area contributed by atoms with Crippen LogP contribution in [0.5, 0.6) is 0 Å². The summed E-state index contributed by atoms with van der Waals surface area (Å²) < 4.78 is 0. The summed E-state index contributed by atoms with van der Waals surface area (Å²) in [7, 11) is 0. The van der Waals surface area contributed by atoms with Gasteiger partial charge in [-0.25, -0.2) is 9.97 Å². The summed E-state index contributed by atoms with van der Waals surface area (Å²) in [6.45, 7) is 6.73. The minimum absolute atomic E-state index is 0.0711. The molecule has 5 rings (SSSR count). The highest BCUT2D eigenvalue weighted by Crippen LogP contribution is 2.32. The van der Waals surface area contributed by atoms with Gasteiger partial charge in [0.05, 0.1) is 17.8 Å². The fourth-order valence-electron chi connectivity index (χ4n) is 4.56. The number of carbonyl (C=O) groups excluding carboxylic acids is 2. The molecule has 2 N–H and O–H groups in total. The lowest BCUT2D eigenvalue weighted by Crippen LogP contribution is -2.48. The van der Waals surface area contributed by atoms with Gasteiger partial charge in [0.25, 0.3) is 5.91 Å². The van der Waals surface area contributed by atoms with Gasteiger partial charge >= 0.3 is 0 Å². The van der Waals surface area contributed by atoms with Crippen molar-refractivity contribution in [3.8, 4) is 11.3 Å². The van der Waals surface area contributed by atoms with Crippen molar-refractivity contribution in [3.63, 3.8) is 0 Å². The van der Waals surface area contributed by atoms with Gasteiger partial charge in [0.2, 0.25) is 11.9 Å². The number of fused-ring (bicyclic) bond motifs is 3. The highest BCUT2D eigenvalue weighted by Gasteiger charge is 2.22. The lowest BCUT2D eigenvalue weighted by atomic mass is 10.1. The minimum Gasteiger partial charge on any atom is -0.336 e. The van der Waals surface area contributed by atoms with Crippen molar-refractivity contribution >= 4 is 29.1 Å². The number of amides is 2. The Morgan fingerprint density at radius 2 is 1.83 bits per heavy atom. The lowest BCUT2D eigenvalue weighted by Gasteiger charge is -2.34. The lowest BCUT2D eigenvalue weighted by molar-refractivity contribution is -0.115. The van der Waals surface area contributed by atoms with Crippen LogP contribution in [0.15, 0.2) is 54.7 Å². The molecule has 1 fully saturated rings. The van der Waals surface area contributed by atoms with Gasteiger partial charge in [-0.1, -0.05) is 31.5 Å². The number of carbonyl (C=O) groups is 2. The van der Waals surface area contributed by atoms with Crippen LogP contribution in [-0.4, -0.2) is 64.3 Å². The molecular formula is C27H30N6O2. The number of rotatable bonds is 6. The quantitative estimate of drug-likeness (QED) is 0.567. The van der Waals surface area contributed by atoms with E-state index in [1.165, 1.54) is 12.8 Å². The summed E-state index contributed by atoms with van der Waals surface area (Å²) in [6, 6.07) is 15.1. The Labute approximate surface area is 205 Å². The van der Waals surface area contributed by atoms with Crippen molar-refractivity contribution in [2.24, 2.45) is 0 Å². The van der Waals surface area contributed by atoms with Crippen LogP contribution in [-0.2, 0) is 11.2 Å². The normalized spacial score (nSPS) is 15.6. The number of hydrogen-bond acceptors (Lipinski definition) is 6. The number of aromatic nitrogens is 2. The molecule has 2 aromatic carbocycles. The van der Waals surface area contributed by atoms with E-state index in [1.807, 2.05) is 53.4 Å². The maximum absolute atomic E-state index is 13.0. The Morgan fingerprint density at radius 1 is 1.06 bits per heavy atom. The molecule has 180 valence electrons. The van der Waals surface area contributed by atoms with Crippen LogP contribution in [0, 0.1) is 0 Å². The average molecular weight is 471 g/mol. The smallest absolute Gasteiger partial charge is 0.253 e. The number of nitrogens with zero attached hydrogens (tertiary/aromatic N) is 4. The molecule has 8 nitrogen and oxygen atoms in total. The molecule has 0 saturated carbocycles. The van der Waals surface area contributed by atoms with E-state index < -0.39 is 0 Å². The topological polar surface area (TPSA) is 90.5 Å². The van der Waals surface area contributed by atoms with Gasteiger partial charge in [-0.05, 0) is 43.3 Å². The molecule has 0 aliphatic carbocycles. The standard InChI is InChI=1S/C27H30N6O2/c1-2-3-12-32-13-15-33(16-14-32)26(35)19-8-10-21(11-9-19)29-27-28-18-20-17-24(34)30-23-7-5-4-6-22(23)25(20)31-27/h4-11,18H,2-3,12-17H2,1H3,(H,30,34)(H,28,29,31). The fraction of sp³-hybridized carbons (Fsp3) is 0.333. The number of nitrogens with one attached hydrogen (secondary N) is 2. The monoisotopic (exact) mass is 470 g/mol. The zero-order valence-electron chi connectivity index (χ0n) is 20.0. The van der Waals surface area contributed by atoms with E-state index in [4.69, 9.17) is 4.98 Å². The molecule has 35 heavy (non-hydrogen) atoms. The van der Waals surface area contributed by atoms with Crippen LogP contribution in [0.1, 0.15) is 35.7 Å². The van der Waals surface area contributed by atoms with Gasteiger partial charge in [0, 0.05) is 54.8 Å². The molecule has 0 bridgehead atoms. The molecular weight excluding hydrogens is 440 g/mol. The van der Waals surface area contributed by atoms with E-state index in [9.17, 15) is 9.59 Å². The molecule has 1 aromatic heterocycles. The number of anilines is 3. The second kappa shape index (κ2) is 10.2. The molecule has 3 aromatic rings. The Morgan fingerprint density at radius 3 is 2.60 bits per heavy atom. The first-order valence-corrected chi connectivity index (χ1v) is 12.2. The van der Waals surface area contributed by atoms with Crippen LogP contribution < -0.4 is 10.6 Å². The number of benzene rings is 2. The molecule has 2 aliphatic rings. The highest BCUT2D eigenvalue weighted by molar-refractivity contribution is 6.00. The summed E-state index contributed by atoms with van der Waals surface area (Å²) in [5, 5.41) is 6.16. The van der Waals surface area contributed by atoms with Gasteiger partial charge in [0.1, 0.15) is 0 Å². The van der Waals surface area contributed by atoms with Gasteiger partial charge in [-0.3, -0.25) is 14.5 Å². The second-order valence-electron chi connectivity index (χ2n) is 9.03. The first kappa shape index (κ1) is 23.0. The van der Waals surface area contributed by atoms with Crippen molar-refractivity contribution in [1.82, 2.24) is 19.8 Å². The van der Waals surface area contributed by atoms with Crippen LogP contribution in [0.4, 0.5) is 17.3 Å². The van der Waals surface area contributed by atoms with E-state index in [2.05, 4.69) is 27.4 Å². The SMILES string of the molecule is CCCCN1CCN(C(=O)c2ccc(Nc3ncc4c(n3)-c3ccccc3NC(=O)C4)cc2)CC1. The summed E-state index contributed by atoms with van der Waals surface area (Å²) in [5.74, 6) is 0.431. The van der Waals surface area contributed by atoms with E-state index >= 15 is 0 Å². The zero-order valence-corrected chi connectivity index (χ0v) is 20.0. The Hall–Kier alpha value is -3.78. The summed E-state index contributed by atoms with van der Waals surface area (Å²) in [6.07, 6.45) is 4.33. The Bertz CT molecular complexity index is 1220. The van der Waals surface area contributed by atoms with E-state index in [0.29, 0.717) is 11.5 Å². The fourth-order valence-corrected chi connectivity index (χ4v) is 4.56.